The molecule has 2 aliphatic rings. The Morgan fingerprint density at radius 2 is 2.16 bits per heavy atom. The molecule has 2 atom stereocenters. The summed E-state index contributed by atoms with van der Waals surface area (Å²) in [4.78, 5) is 5.77. The third-order valence-corrected chi connectivity index (χ3v) is 4.06. The Hall–Kier alpha value is -1.15. The van der Waals surface area contributed by atoms with Gasteiger partial charge in [0, 0.05) is 12.6 Å². The lowest BCUT2D eigenvalue weighted by Gasteiger charge is -2.39. The number of hydrogen-bond donors (Lipinski definition) is 1. The van der Waals surface area contributed by atoms with Gasteiger partial charge >= 0.3 is 12.1 Å². The van der Waals surface area contributed by atoms with Crippen LogP contribution in [-0.2, 0) is 11.7 Å². The third-order valence-electron chi connectivity index (χ3n) is 4.06. The molecular weight excluding hydrogens is 261 g/mol. The highest BCUT2D eigenvalue weighted by atomic mass is 19.4. The van der Waals surface area contributed by atoms with Crippen molar-refractivity contribution >= 4 is 0 Å². The van der Waals surface area contributed by atoms with Crippen molar-refractivity contribution in [3.05, 3.63) is 11.7 Å². The molecule has 8 heteroatoms. The van der Waals surface area contributed by atoms with E-state index in [0.717, 1.165) is 25.9 Å². The van der Waals surface area contributed by atoms with Crippen molar-refractivity contribution in [2.45, 2.75) is 43.4 Å². The Morgan fingerprint density at radius 3 is 2.84 bits per heavy atom. The van der Waals surface area contributed by atoms with Gasteiger partial charge in [0.2, 0.25) is 0 Å². The number of nitrogens with zero attached hydrogens (tertiary/aromatic N) is 3. The molecule has 0 aliphatic carbocycles. The first-order chi connectivity index (χ1) is 8.88. The van der Waals surface area contributed by atoms with Crippen molar-refractivity contribution in [2.75, 3.05) is 13.1 Å². The summed E-state index contributed by atoms with van der Waals surface area (Å²) in [5, 5.41) is 3.44. The molecule has 0 bridgehead atoms. The Morgan fingerprint density at radius 1 is 1.37 bits per heavy atom. The van der Waals surface area contributed by atoms with E-state index in [4.69, 9.17) is 5.73 Å². The van der Waals surface area contributed by atoms with Crippen LogP contribution in [0.5, 0.6) is 0 Å². The van der Waals surface area contributed by atoms with Gasteiger partial charge in [0.25, 0.3) is 0 Å². The second kappa shape index (κ2) is 4.17. The zero-order valence-electron chi connectivity index (χ0n) is 10.3. The van der Waals surface area contributed by atoms with Gasteiger partial charge in [0.15, 0.2) is 5.82 Å². The molecule has 106 valence electrons. The summed E-state index contributed by atoms with van der Waals surface area (Å²) in [7, 11) is 0. The van der Waals surface area contributed by atoms with Crippen LogP contribution >= 0.6 is 0 Å². The minimum atomic E-state index is -4.62. The first kappa shape index (κ1) is 12.9. The van der Waals surface area contributed by atoms with Gasteiger partial charge in [0.1, 0.15) is 0 Å². The number of halogens is 3. The lowest BCUT2D eigenvalue weighted by Crippen LogP contribution is -2.51. The van der Waals surface area contributed by atoms with Gasteiger partial charge in [-0.05, 0) is 32.2 Å². The molecule has 0 radical (unpaired) electrons. The Kier molecular flexibility index (Phi) is 2.82. The van der Waals surface area contributed by atoms with Crippen LogP contribution < -0.4 is 5.73 Å². The molecular formula is C11H15F3N4O. The van der Waals surface area contributed by atoms with Crippen molar-refractivity contribution in [1.82, 2.24) is 15.0 Å². The molecule has 2 unspecified atom stereocenters. The minimum Gasteiger partial charge on any atom is -0.329 e. The normalized spacial score (nSPS) is 32.5. The molecule has 0 spiro atoms. The van der Waals surface area contributed by atoms with E-state index in [1.807, 2.05) is 0 Å². The molecule has 1 aromatic heterocycles. The van der Waals surface area contributed by atoms with E-state index in [2.05, 4.69) is 19.6 Å². The zero-order valence-corrected chi connectivity index (χ0v) is 10.3. The van der Waals surface area contributed by atoms with Gasteiger partial charge in [-0.25, -0.2) is 0 Å². The maximum absolute atomic E-state index is 12.5. The first-order valence-electron chi connectivity index (χ1n) is 6.33. The van der Waals surface area contributed by atoms with E-state index in [1.54, 1.807) is 0 Å². The summed E-state index contributed by atoms with van der Waals surface area (Å²) >= 11 is 0. The highest BCUT2D eigenvalue weighted by molar-refractivity contribution is 5.09. The molecule has 5 nitrogen and oxygen atoms in total. The van der Waals surface area contributed by atoms with Crippen molar-refractivity contribution < 1.29 is 17.7 Å². The van der Waals surface area contributed by atoms with Crippen LogP contribution in [0.25, 0.3) is 0 Å². The van der Waals surface area contributed by atoms with Gasteiger partial charge in [-0.1, -0.05) is 5.16 Å². The molecule has 2 saturated heterocycles. The summed E-state index contributed by atoms with van der Waals surface area (Å²) in [6, 6.07) is 0.326. The zero-order chi connectivity index (χ0) is 13.7. The van der Waals surface area contributed by atoms with E-state index < -0.39 is 17.6 Å². The second-order valence-electron chi connectivity index (χ2n) is 5.36. The summed E-state index contributed by atoms with van der Waals surface area (Å²) in [6.45, 7) is 1.82. The summed E-state index contributed by atoms with van der Waals surface area (Å²) in [6.07, 6.45) is -1.33. The molecule has 2 N–H and O–H groups in total. The summed E-state index contributed by atoms with van der Waals surface area (Å²) in [5.41, 5.74) is 5.31. The Balaban J connectivity index is 1.82. The predicted molar refractivity (Wildman–Crippen MR) is 59.0 cm³/mol. The van der Waals surface area contributed by atoms with Crippen molar-refractivity contribution in [3.8, 4) is 0 Å². The monoisotopic (exact) mass is 276 g/mol. The quantitative estimate of drug-likeness (QED) is 0.842. The Labute approximate surface area is 107 Å². The number of piperidine rings is 1. The number of rotatable bonds is 1. The Bertz CT molecular complexity index is 475. The van der Waals surface area contributed by atoms with Crippen LogP contribution in [0.4, 0.5) is 13.2 Å². The number of hydrogen-bond acceptors (Lipinski definition) is 5. The molecule has 3 heterocycles. The minimum absolute atomic E-state index is 0.0219. The van der Waals surface area contributed by atoms with Gasteiger partial charge < -0.3 is 15.2 Å². The van der Waals surface area contributed by atoms with E-state index >= 15 is 0 Å². The second-order valence-corrected chi connectivity index (χ2v) is 5.36. The fourth-order valence-corrected chi connectivity index (χ4v) is 3.03. The standard InChI is InChI=1S/C11H15F3N4O/c12-11(13,14)9-16-8(17-19-9)10(15)3-5-18-4-1-2-7(18)6-10/h7H,1-6,15H2. The van der Waals surface area contributed by atoms with Gasteiger partial charge in [0.05, 0.1) is 5.54 Å². The third kappa shape index (κ3) is 2.23. The summed E-state index contributed by atoms with van der Waals surface area (Å²) < 4.78 is 41.7. The van der Waals surface area contributed by atoms with Crippen LogP contribution in [0.15, 0.2) is 4.52 Å². The van der Waals surface area contributed by atoms with Crippen LogP contribution in [0, 0.1) is 0 Å². The lowest BCUT2D eigenvalue weighted by atomic mass is 9.83. The number of nitrogens with two attached hydrogens (primary N) is 1. The maximum Gasteiger partial charge on any atom is 0.471 e. The molecule has 3 rings (SSSR count). The number of alkyl halides is 3. The van der Waals surface area contributed by atoms with Crippen LogP contribution in [0.1, 0.15) is 37.4 Å². The summed E-state index contributed by atoms with van der Waals surface area (Å²) in [5.74, 6) is -1.34. The average Bonchev–Trinajstić information content (AvgIpc) is 2.96. The van der Waals surface area contributed by atoms with Crippen LogP contribution in [0.3, 0.4) is 0 Å². The molecule has 2 aliphatic heterocycles. The molecule has 0 saturated carbocycles. The molecule has 0 aromatic carbocycles. The first-order valence-corrected chi connectivity index (χ1v) is 6.33. The SMILES string of the molecule is NC1(c2noc(C(F)(F)F)n2)CCN2CCCC2C1. The van der Waals surface area contributed by atoms with Gasteiger partial charge in [-0.2, -0.15) is 18.2 Å². The van der Waals surface area contributed by atoms with Gasteiger partial charge in [-0.15, -0.1) is 0 Å². The van der Waals surface area contributed by atoms with Crippen LogP contribution in [0.2, 0.25) is 0 Å². The van der Waals surface area contributed by atoms with E-state index in [-0.39, 0.29) is 5.82 Å². The molecule has 19 heavy (non-hydrogen) atoms. The van der Waals surface area contributed by atoms with Gasteiger partial charge in [-0.3, -0.25) is 0 Å². The van der Waals surface area contributed by atoms with Crippen LogP contribution in [-0.4, -0.2) is 34.2 Å². The fourth-order valence-electron chi connectivity index (χ4n) is 3.03. The topological polar surface area (TPSA) is 68.2 Å². The highest BCUT2D eigenvalue weighted by Crippen LogP contribution is 2.37. The van der Waals surface area contributed by atoms with E-state index in [1.165, 1.54) is 0 Å². The lowest BCUT2D eigenvalue weighted by molar-refractivity contribution is -0.159. The fraction of sp³-hybridized carbons (Fsp3) is 0.818. The highest BCUT2D eigenvalue weighted by Gasteiger charge is 2.45. The maximum atomic E-state index is 12.5. The van der Waals surface area contributed by atoms with E-state index in [0.29, 0.717) is 18.9 Å². The van der Waals surface area contributed by atoms with E-state index in [9.17, 15) is 13.2 Å². The van der Waals surface area contributed by atoms with Crippen molar-refractivity contribution in [1.29, 1.82) is 0 Å². The largest absolute Gasteiger partial charge is 0.471 e. The number of fused-ring (bicyclic) bond motifs is 1. The van der Waals surface area contributed by atoms with Crippen molar-refractivity contribution in [2.24, 2.45) is 5.73 Å². The smallest absolute Gasteiger partial charge is 0.329 e. The predicted octanol–water partition coefficient (Wildman–Crippen LogP) is 1.50. The molecule has 1 aromatic rings. The molecule has 2 fully saturated rings. The number of aromatic nitrogens is 2. The average molecular weight is 276 g/mol. The molecule has 0 amide bonds. The van der Waals surface area contributed by atoms with Crippen molar-refractivity contribution in [3.63, 3.8) is 0 Å².